The first-order chi connectivity index (χ1) is 7.70. The molecule has 1 aromatic carbocycles. The summed E-state index contributed by atoms with van der Waals surface area (Å²) in [6, 6.07) is 4.24. The molecule has 0 bridgehead atoms. The van der Waals surface area contributed by atoms with Crippen molar-refractivity contribution in [2.24, 2.45) is 5.73 Å². The predicted octanol–water partition coefficient (Wildman–Crippen LogP) is 1.35. The smallest absolute Gasteiger partial charge is 0.165 e. The highest BCUT2D eigenvalue weighted by Gasteiger charge is 2.05. The minimum atomic E-state index is -0.635. The van der Waals surface area contributed by atoms with Crippen LogP contribution < -0.4 is 5.73 Å². The second-order valence-electron chi connectivity index (χ2n) is 3.45. The Labute approximate surface area is 92.1 Å². The minimum absolute atomic E-state index is 0.349. The second-order valence-corrected chi connectivity index (χ2v) is 3.45. The maximum atomic E-state index is 13.1. The van der Waals surface area contributed by atoms with E-state index in [0.717, 1.165) is 5.56 Å². The molecule has 4 nitrogen and oxygen atoms in total. The summed E-state index contributed by atoms with van der Waals surface area (Å²) < 4.78 is 14.8. The number of phenolic OH excluding ortho intramolecular Hbond substituents is 1. The van der Waals surface area contributed by atoms with E-state index in [1.165, 1.54) is 12.1 Å². The average molecular weight is 221 g/mol. The molecule has 1 aromatic heterocycles. The Bertz CT molecular complexity index is 496. The summed E-state index contributed by atoms with van der Waals surface area (Å²) in [7, 11) is 0. The number of nitrogens with zero attached hydrogens (tertiary/aromatic N) is 2. The van der Waals surface area contributed by atoms with Crippen molar-refractivity contribution in [2.45, 2.75) is 6.54 Å². The summed E-state index contributed by atoms with van der Waals surface area (Å²) in [5.74, 6) is -0.984. The van der Waals surface area contributed by atoms with E-state index in [9.17, 15) is 4.39 Å². The van der Waals surface area contributed by atoms with Gasteiger partial charge >= 0.3 is 0 Å². The van der Waals surface area contributed by atoms with E-state index in [1.807, 2.05) is 0 Å². The van der Waals surface area contributed by atoms with Gasteiger partial charge in [-0.05, 0) is 17.7 Å². The first kappa shape index (κ1) is 10.6. The zero-order chi connectivity index (χ0) is 11.5. The third kappa shape index (κ3) is 2.04. The van der Waals surface area contributed by atoms with Crippen molar-refractivity contribution in [1.29, 1.82) is 0 Å². The highest BCUT2D eigenvalue weighted by molar-refractivity contribution is 5.62. The van der Waals surface area contributed by atoms with Crippen LogP contribution in [0, 0.1) is 5.82 Å². The minimum Gasteiger partial charge on any atom is -0.505 e. The van der Waals surface area contributed by atoms with Gasteiger partial charge in [0.15, 0.2) is 11.6 Å². The molecule has 3 N–H and O–H groups in total. The predicted molar refractivity (Wildman–Crippen MR) is 58.3 cm³/mol. The number of aromatic hydroxyl groups is 1. The van der Waals surface area contributed by atoms with Crippen LogP contribution in [0.5, 0.6) is 5.75 Å². The summed E-state index contributed by atoms with van der Waals surface area (Å²) in [5, 5.41) is 13.2. The highest BCUT2D eigenvalue weighted by Crippen LogP contribution is 2.24. The first-order valence-electron chi connectivity index (χ1n) is 4.92. The Kier molecular flexibility index (Phi) is 2.87. The van der Waals surface area contributed by atoms with Crippen molar-refractivity contribution < 1.29 is 9.50 Å². The summed E-state index contributed by atoms with van der Waals surface area (Å²) in [6.45, 7) is 1.13. The van der Waals surface area contributed by atoms with Crippen molar-refractivity contribution in [3.63, 3.8) is 0 Å². The SMILES string of the molecule is NCCn1cc(-c2ccc(O)c(F)c2)cn1. The van der Waals surface area contributed by atoms with E-state index in [0.29, 0.717) is 18.7 Å². The molecule has 0 aliphatic heterocycles. The Morgan fingerprint density at radius 1 is 1.38 bits per heavy atom. The topological polar surface area (TPSA) is 64.1 Å². The molecule has 0 aliphatic rings. The lowest BCUT2D eigenvalue weighted by Gasteiger charge is -1.99. The van der Waals surface area contributed by atoms with Crippen LogP contribution in [0.4, 0.5) is 4.39 Å². The number of hydrogen-bond donors (Lipinski definition) is 2. The molecule has 0 radical (unpaired) electrons. The maximum absolute atomic E-state index is 13.1. The fourth-order valence-corrected chi connectivity index (χ4v) is 1.45. The lowest BCUT2D eigenvalue weighted by atomic mass is 10.1. The van der Waals surface area contributed by atoms with Crippen LogP contribution in [0.15, 0.2) is 30.6 Å². The number of hydrogen-bond acceptors (Lipinski definition) is 3. The van der Waals surface area contributed by atoms with E-state index in [1.54, 1.807) is 23.1 Å². The molecule has 0 aliphatic carbocycles. The molecule has 16 heavy (non-hydrogen) atoms. The summed E-state index contributed by atoms with van der Waals surface area (Å²) in [5.41, 5.74) is 6.88. The number of aromatic nitrogens is 2. The van der Waals surface area contributed by atoms with Gasteiger partial charge in [-0.1, -0.05) is 6.07 Å². The van der Waals surface area contributed by atoms with E-state index in [4.69, 9.17) is 10.8 Å². The Morgan fingerprint density at radius 3 is 2.88 bits per heavy atom. The van der Waals surface area contributed by atoms with Crippen molar-refractivity contribution in [1.82, 2.24) is 9.78 Å². The van der Waals surface area contributed by atoms with E-state index in [-0.39, 0.29) is 5.75 Å². The molecule has 5 heteroatoms. The number of benzene rings is 1. The van der Waals surface area contributed by atoms with Gasteiger partial charge in [0, 0.05) is 18.3 Å². The molecule has 0 spiro atoms. The van der Waals surface area contributed by atoms with Crippen LogP contribution in [0.1, 0.15) is 0 Å². The lowest BCUT2D eigenvalue weighted by molar-refractivity contribution is 0.432. The fourth-order valence-electron chi connectivity index (χ4n) is 1.45. The largest absolute Gasteiger partial charge is 0.505 e. The van der Waals surface area contributed by atoms with E-state index >= 15 is 0 Å². The number of phenols is 1. The van der Waals surface area contributed by atoms with E-state index < -0.39 is 5.82 Å². The second kappa shape index (κ2) is 4.32. The quantitative estimate of drug-likeness (QED) is 0.822. The van der Waals surface area contributed by atoms with Crippen molar-refractivity contribution in [2.75, 3.05) is 6.54 Å². The van der Waals surface area contributed by atoms with Crippen LogP contribution in [0.2, 0.25) is 0 Å². The van der Waals surface area contributed by atoms with Crippen LogP contribution in [-0.4, -0.2) is 21.4 Å². The summed E-state index contributed by atoms with van der Waals surface area (Å²) in [6.07, 6.45) is 3.43. The van der Waals surface area contributed by atoms with Gasteiger partial charge in [0.25, 0.3) is 0 Å². The zero-order valence-corrected chi connectivity index (χ0v) is 8.60. The lowest BCUT2D eigenvalue weighted by Crippen LogP contribution is -2.09. The summed E-state index contributed by atoms with van der Waals surface area (Å²) in [4.78, 5) is 0. The van der Waals surface area contributed by atoms with Gasteiger partial charge in [-0.3, -0.25) is 4.68 Å². The molecule has 0 amide bonds. The molecule has 0 fully saturated rings. The molecule has 0 saturated carbocycles. The van der Waals surface area contributed by atoms with Gasteiger partial charge in [0.05, 0.1) is 12.7 Å². The van der Waals surface area contributed by atoms with E-state index in [2.05, 4.69) is 5.10 Å². The number of halogens is 1. The molecule has 0 unspecified atom stereocenters. The van der Waals surface area contributed by atoms with Gasteiger partial charge in [0.1, 0.15) is 0 Å². The van der Waals surface area contributed by atoms with Crippen molar-refractivity contribution in [3.05, 3.63) is 36.4 Å². The standard InChI is InChI=1S/C11H12FN3O/c12-10-5-8(1-2-11(10)16)9-6-14-15(7-9)4-3-13/h1-2,5-7,16H,3-4,13H2. The number of nitrogens with two attached hydrogens (primary N) is 1. The number of rotatable bonds is 3. The van der Waals surface area contributed by atoms with Gasteiger partial charge in [-0.15, -0.1) is 0 Å². The van der Waals surface area contributed by atoms with Crippen LogP contribution in [0.25, 0.3) is 11.1 Å². The third-order valence-electron chi connectivity index (χ3n) is 2.27. The van der Waals surface area contributed by atoms with Crippen molar-refractivity contribution >= 4 is 0 Å². The van der Waals surface area contributed by atoms with Crippen LogP contribution in [-0.2, 0) is 6.54 Å². The monoisotopic (exact) mass is 221 g/mol. The third-order valence-corrected chi connectivity index (χ3v) is 2.27. The Morgan fingerprint density at radius 2 is 2.19 bits per heavy atom. The molecular formula is C11H12FN3O. The molecule has 2 rings (SSSR count). The molecule has 0 saturated heterocycles. The first-order valence-corrected chi connectivity index (χ1v) is 4.92. The Hall–Kier alpha value is -1.88. The highest BCUT2D eigenvalue weighted by atomic mass is 19.1. The maximum Gasteiger partial charge on any atom is 0.165 e. The van der Waals surface area contributed by atoms with Gasteiger partial charge in [-0.2, -0.15) is 5.10 Å². The zero-order valence-electron chi connectivity index (χ0n) is 8.60. The normalized spacial score (nSPS) is 10.6. The Balaban J connectivity index is 2.31. The van der Waals surface area contributed by atoms with Crippen molar-refractivity contribution in [3.8, 4) is 16.9 Å². The van der Waals surface area contributed by atoms with Gasteiger partial charge in [0.2, 0.25) is 0 Å². The van der Waals surface area contributed by atoms with Gasteiger partial charge < -0.3 is 10.8 Å². The average Bonchev–Trinajstić information content (AvgIpc) is 2.71. The summed E-state index contributed by atoms with van der Waals surface area (Å²) >= 11 is 0. The molecule has 1 heterocycles. The molecular weight excluding hydrogens is 209 g/mol. The molecule has 0 atom stereocenters. The van der Waals surface area contributed by atoms with Gasteiger partial charge in [-0.25, -0.2) is 4.39 Å². The molecule has 84 valence electrons. The fraction of sp³-hybridized carbons (Fsp3) is 0.182. The van der Waals surface area contributed by atoms with Crippen LogP contribution in [0.3, 0.4) is 0 Å². The van der Waals surface area contributed by atoms with Crippen LogP contribution >= 0.6 is 0 Å². The molecule has 2 aromatic rings.